The van der Waals surface area contributed by atoms with E-state index in [0.29, 0.717) is 15.9 Å². The Morgan fingerprint density at radius 1 is 1.31 bits per heavy atom. The van der Waals surface area contributed by atoms with Gasteiger partial charge < -0.3 is 15.4 Å². The summed E-state index contributed by atoms with van der Waals surface area (Å²) in [7, 11) is 1.56. The number of hydrogen-bond donors (Lipinski definition) is 2. The van der Waals surface area contributed by atoms with E-state index in [1.165, 1.54) is 11.3 Å². The number of amides is 2. The summed E-state index contributed by atoms with van der Waals surface area (Å²) >= 11 is 7.46. The fourth-order valence-electron chi connectivity index (χ4n) is 2.03. The molecule has 0 saturated carbocycles. The lowest BCUT2D eigenvalue weighted by Crippen LogP contribution is -2.36. The summed E-state index contributed by atoms with van der Waals surface area (Å²) < 4.78 is 5.13. The minimum Gasteiger partial charge on any atom is -0.495 e. The minimum atomic E-state index is -0.472. The Hall–Kier alpha value is -2.12. The fourth-order valence-corrected chi connectivity index (χ4v) is 3.02. The van der Waals surface area contributed by atoms with Crippen molar-refractivity contribution in [2.24, 2.45) is 5.41 Å². The van der Waals surface area contributed by atoms with Crippen molar-refractivity contribution in [1.82, 2.24) is 10.3 Å². The van der Waals surface area contributed by atoms with Gasteiger partial charge in [-0.05, 0) is 18.2 Å². The second-order valence-electron chi connectivity index (χ2n) is 6.69. The van der Waals surface area contributed by atoms with Gasteiger partial charge in [-0.25, -0.2) is 4.98 Å². The van der Waals surface area contributed by atoms with E-state index in [1.807, 2.05) is 32.2 Å². The monoisotopic (exact) mass is 395 g/mol. The molecule has 0 spiro atoms. The van der Waals surface area contributed by atoms with Gasteiger partial charge in [-0.3, -0.25) is 9.59 Å². The predicted molar refractivity (Wildman–Crippen MR) is 105 cm³/mol. The number of nitrogens with zero attached hydrogens (tertiary/aromatic N) is 1. The van der Waals surface area contributed by atoms with Crippen molar-refractivity contribution in [3.8, 4) is 17.0 Å². The molecule has 26 heavy (non-hydrogen) atoms. The third-order valence-electron chi connectivity index (χ3n) is 3.52. The van der Waals surface area contributed by atoms with Crippen LogP contribution in [0, 0.1) is 5.41 Å². The number of benzene rings is 1. The van der Waals surface area contributed by atoms with Crippen molar-refractivity contribution < 1.29 is 14.3 Å². The number of anilines is 1. The normalized spacial score (nSPS) is 11.1. The highest BCUT2D eigenvalue weighted by Crippen LogP contribution is 2.31. The van der Waals surface area contributed by atoms with Crippen LogP contribution in [-0.2, 0) is 9.59 Å². The van der Waals surface area contributed by atoms with E-state index in [2.05, 4.69) is 15.6 Å². The lowest BCUT2D eigenvalue weighted by atomic mass is 9.96. The lowest BCUT2D eigenvalue weighted by Gasteiger charge is -2.17. The zero-order valence-corrected chi connectivity index (χ0v) is 16.8. The van der Waals surface area contributed by atoms with Crippen molar-refractivity contribution in [1.29, 1.82) is 0 Å². The van der Waals surface area contributed by atoms with Crippen LogP contribution < -0.4 is 15.4 Å². The molecule has 8 heteroatoms. The Labute approximate surface area is 161 Å². The van der Waals surface area contributed by atoms with Gasteiger partial charge in [0.15, 0.2) is 5.13 Å². The Balaban J connectivity index is 1.91. The van der Waals surface area contributed by atoms with Crippen LogP contribution in [0.1, 0.15) is 27.2 Å². The van der Waals surface area contributed by atoms with Crippen LogP contribution >= 0.6 is 22.9 Å². The number of thiazole rings is 1. The molecule has 0 bridgehead atoms. The number of methoxy groups -OCH3 is 1. The number of hydrogen-bond acceptors (Lipinski definition) is 5. The van der Waals surface area contributed by atoms with Gasteiger partial charge in [-0.1, -0.05) is 32.4 Å². The zero-order chi connectivity index (χ0) is 19.3. The van der Waals surface area contributed by atoms with Crippen LogP contribution in [0.2, 0.25) is 5.02 Å². The molecule has 2 rings (SSSR count). The molecule has 0 aliphatic heterocycles. The first-order chi connectivity index (χ1) is 12.2. The molecule has 6 nitrogen and oxygen atoms in total. The topological polar surface area (TPSA) is 80.3 Å². The van der Waals surface area contributed by atoms with Gasteiger partial charge in [0.25, 0.3) is 0 Å². The third-order valence-corrected chi connectivity index (χ3v) is 4.57. The minimum absolute atomic E-state index is 0.0850. The first-order valence-electron chi connectivity index (χ1n) is 8.08. The van der Waals surface area contributed by atoms with Gasteiger partial charge in [0.2, 0.25) is 11.8 Å². The second kappa shape index (κ2) is 8.51. The molecule has 1 aromatic heterocycles. The van der Waals surface area contributed by atoms with E-state index in [-0.39, 0.29) is 24.8 Å². The SMILES string of the molecule is COc1ccc(-c2csc(NC(=O)CCNC(=O)C(C)(C)C)n2)cc1Cl. The van der Waals surface area contributed by atoms with Crippen molar-refractivity contribution >= 4 is 39.9 Å². The Kier molecular flexibility index (Phi) is 6.61. The van der Waals surface area contributed by atoms with E-state index in [4.69, 9.17) is 16.3 Å². The van der Waals surface area contributed by atoms with E-state index >= 15 is 0 Å². The maximum atomic E-state index is 12.0. The Bertz CT molecular complexity index is 799. The highest BCUT2D eigenvalue weighted by atomic mass is 35.5. The van der Waals surface area contributed by atoms with Crippen molar-refractivity contribution in [3.63, 3.8) is 0 Å². The molecule has 2 aromatic rings. The van der Waals surface area contributed by atoms with Crippen LogP contribution in [0.5, 0.6) is 5.75 Å². The van der Waals surface area contributed by atoms with Crippen molar-refractivity contribution in [2.45, 2.75) is 27.2 Å². The summed E-state index contributed by atoms with van der Waals surface area (Å²) in [5, 5.41) is 8.33. The number of carbonyl (C=O) groups excluding carboxylic acids is 2. The molecule has 2 N–H and O–H groups in total. The van der Waals surface area contributed by atoms with Crippen LogP contribution in [0.3, 0.4) is 0 Å². The van der Waals surface area contributed by atoms with E-state index < -0.39 is 5.41 Å². The largest absolute Gasteiger partial charge is 0.495 e. The summed E-state index contributed by atoms with van der Waals surface area (Å²) in [6.07, 6.45) is 0.186. The second-order valence-corrected chi connectivity index (χ2v) is 7.96. The van der Waals surface area contributed by atoms with Gasteiger partial charge in [-0.2, -0.15) is 0 Å². The highest BCUT2D eigenvalue weighted by molar-refractivity contribution is 7.14. The molecule has 0 aliphatic rings. The van der Waals surface area contributed by atoms with Crippen LogP contribution in [0.15, 0.2) is 23.6 Å². The van der Waals surface area contributed by atoms with E-state index in [9.17, 15) is 9.59 Å². The summed E-state index contributed by atoms with van der Waals surface area (Å²) in [5.74, 6) is 0.308. The van der Waals surface area contributed by atoms with E-state index in [0.717, 1.165) is 11.3 Å². The van der Waals surface area contributed by atoms with Crippen LogP contribution in [0.25, 0.3) is 11.3 Å². The Morgan fingerprint density at radius 3 is 2.65 bits per heavy atom. The first-order valence-corrected chi connectivity index (χ1v) is 9.34. The average Bonchev–Trinajstić information content (AvgIpc) is 3.02. The molecular weight excluding hydrogens is 374 g/mol. The lowest BCUT2D eigenvalue weighted by molar-refractivity contribution is -0.128. The summed E-state index contributed by atoms with van der Waals surface area (Å²) in [5.41, 5.74) is 1.08. The summed E-state index contributed by atoms with van der Waals surface area (Å²) in [4.78, 5) is 28.2. The van der Waals surface area contributed by atoms with Crippen LogP contribution in [0.4, 0.5) is 5.13 Å². The smallest absolute Gasteiger partial charge is 0.227 e. The molecule has 0 aliphatic carbocycles. The van der Waals surface area contributed by atoms with Gasteiger partial charge in [-0.15, -0.1) is 11.3 Å². The molecule has 0 fully saturated rings. The molecule has 1 aromatic carbocycles. The summed E-state index contributed by atoms with van der Waals surface area (Å²) in [6.45, 7) is 5.76. The van der Waals surface area contributed by atoms with Gasteiger partial charge in [0.05, 0.1) is 17.8 Å². The molecule has 1 heterocycles. The molecule has 0 radical (unpaired) electrons. The van der Waals surface area contributed by atoms with Gasteiger partial charge in [0.1, 0.15) is 5.75 Å². The summed E-state index contributed by atoms with van der Waals surface area (Å²) in [6, 6.07) is 5.39. The molecule has 2 amide bonds. The number of rotatable bonds is 6. The molecule has 0 atom stereocenters. The van der Waals surface area contributed by atoms with Gasteiger partial charge >= 0.3 is 0 Å². The molecule has 0 saturated heterocycles. The molecule has 140 valence electrons. The van der Waals surface area contributed by atoms with Gasteiger partial charge in [0, 0.05) is 29.3 Å². The number of ether oxygens (including phenoxy) is 1. The van der Waals surface area contributed by atoms with Crippen molar-refractivity contribution in [2.75, 3.05) is 19.0 Å². The molecule has 0 unspecified atom stereocenters. The average molecular weight is 396 g/mol. The zero-order valence-electron chi connectivity index (χ0n) is 15.2. The Morgan fingerprint density at radius 2 is 2.04 bits per heavy atom. The third kappa shape index (κ3) is 5.44. The molecular formula is C18H22ClN3O3S. The standard InChI is InChI=1S/C18H22ClN3O3S/c1-18(2,3)16(24)20-8-7-15(23)22-17-21-13(10-26-17)11-5-6-14(25-4)12(19)9-11/h5-6,9-10H,7-8H2,1-4H3,(H,20,24)(H,21,22,23). The maximum Gasteiger partial charge on any atom is 0.227 e. The number of carbonyl (C=O) groups is 2. The number of halogens is 1. The van der Waals surface area contributed by atoms with Crippen LogP contribution in [-0.4, -0.2) is 30.5 Å². The fraction of sp³-hybridized carbons (Fsp3) is 0.389. The van der Waals surface area contributed by atoms with E-state index in [1.54, 1.807) is 19.2 Å². The first kappa shape index (κ1) is 20.2. The quantitative estimate of drug-likeness (QED) is 0.775. The number of aromatic nitrogens is 1. The number of nitrogens with one attached hydrogen (secondary N) is 2. The maximum absolute atomic E-state index is 12.0. The predicted octanol–water partition coefficient (Wildman–Crippen LogP) is 3.96. The highest BCUT2D eigenvalue weighted by Gasteiger charge is 2.20. The van der Waals surface area contributed by atoms with Crippen molar-refractivity contribution in [3.05, 3.63) is 28.6 Å².